The number of ether oxygens (including phenoxy) is 1. The number of carboxylic acids is 1. The Balaban J connectivity index is 0.00000361. The Kier molecular flexibility index (Phi) is 11.4. The zero-order valence-corrected chi connectivity index (χ0v) is 21.6. The topological polar surface area (TPSA) is 53.0 Å². The summed E-state index contributed by atoms with van der Waals surface area (Å²) >= 11 is 12.3. The van der Waals surface area contributed by atoms with Crippen LogP contribution in [0, 0.1) is 18.7 Å². The van der Waals surface area contributed by atoms with E-state index in [0.717, 1.165) is 75.3 Å². The Labute approximate surface area is 245 Å². The molecule has 36 heavy (non-hydrogen) atoms. The maximum atomic E-state index is 13.2. The van der Waals surface area contributed by atoms with Crippen molar-refractivity contribution in [2.45, 2.75) is 51.2 Å². The number of carbonyl (C=O) groups is 1. The van der Waals surface area contributed by atoms with Crippen LogP contribution in [0.25, 0.3) is 0 Å². The Morgan fingerprint density at radius 2 is 1.69 bits per heavy atom. The second kappa shape index (κ2) is 13.8. The summed E-state index contributed by atoms with van der Waals surface area (Å²) in [7, 11) is 0. The number of rotatable bonds is 8. The van der Waals surface area contributed by atoms with Crippen LogP contribution in [0.15, 0.2) is 36.4 Å². The van der Waals surface area contributed by atoms with E-state index in [1.165, 1.54) is 12.1 Å². The van der Waals surface area contributed by atoms with Crippen LogP contribution in [-0.4, -0.2) is 95.3 Å². The first kappa shape index (κ1) is 29.7. The number of piperidine rings is 2. The molecule has 2 saturated heterocycles. The molecule has 2 fully saturated rings. The molecule has 2 aromatic carbocycles. The van der Waals surface area contributed by atoms with Gasteiger partial charge in [0, 0.05) is 25.2 Å². The molecular weight excluding hydrogens is 513 g/mol. The average Bonchev–Trinajstić information content (AvgIpc) is 2.85. The van der Waals surface area contributed by atoms with Crippen LogP contribution in [0.1, 0.15) is 36.8 Å². The molecule has 0 spiro atoms. The molecule has 0 unspecified atom stereocenters. The van der Waals surface area contributed by atoms with Gasteiger partial charge in [0.05, 0.1) is 10.0 Å². The Bertz CT molecular complexity index is 1010. The number of aliphatic carboxylic acids is 1. The minimum absolute atomic E-state index is 0. The van der Waals surface area contributed by atoms with Gasteiger partial charge >= 0.3 is 35.5 Å². The first-order valence-corrected chi connectivity index (χ1v) is 13.1. The number of hydrogen-bond donors (Lipinski definition) is 1. The van der Waals surface area contributed by atoms with Gasteiger partial charge in [-0.15, -0.1) is 0 Å². The number of nitrogens with zero attached hydrogens (tertiary/aromatic N) is 2. The van der Waals surface area contributed by atoms with Crippen LogP contribution < -0.4 is 4.74 Å². The fourth-order valence-corrected chi connectivity index (χ4v) is 5.54. The molecule has 0 bridgehead atoms. The molecule has 192 valence electrons. The second-order valence-corrected chi connectivity index (χ2v) is 10.6. The standard InChI is InChI=1S/C27H33Cl2FN2O3.Na.H/c1-18-25(7-6-23(28)26(18)29)35-22-10-12-31(13-11-22)17-20-8-14-32(15-9-20)24(27(33)34)16-19-2-4-21(30)5-3-19;;/h2-7,20,22,24H,8-17H2,1H3,(H,33,34);;/t24-;;/m0../s1. The van der Waals surface area contributed by atoms with E-state index in [4.69, 9.17) is 27.9 Å². The summed E-state index contributed by atoms with van der Waals surface area (Å²) in [5.74, 6) is 0.258. The molecule has 2 heterocycles. The fraction of sp³-hybridized carbons (Fsp3) is 0.519. The van der Waals surface area contributed by atoms with Crippen molar-refractivity contribution in [1.82, 2.24) is 9.80 Å². The number of benzene rings is 2. The van der Waals surface area contributed by atoms with Crippen molar-refractivity contribution in [1.29, 1.82) is 0 Å². The van der Waals surface area contributed by atoms with Crippen molar-refractivity contribution in [2.75, 3.05) is 32.7 Å². The average molecular weight is 547 g/mol. The van der Waals surface area contributed by atoms with Gasteiger partial charge in [0.2, 0.25) is 0 Å². The molecule has 2 aliphatic heterocycles. The summed E-state index contributed by atoms with van der Waals surface area (Å²) < 4.78 is 19.4. The molecule has 4 rings (SSSR count). The number of hydrogen-bond acceptors (Lipinski definition) is 4. The van der Waals surface area contributed by atoms with Gasteiger partial charge in [-0.2, -0.15) is 0 Å². The number of likely N-dealkylation sites (tertiary alicyclic amines) is 2. The molecule has 0 radical (unpaired) electrons. The van der Waals surface area contributed by atoms with E-state index in [9.17, 15) is 14.3 Å². The van der Waals surface area contributed by atoms with E-state index < -0.39 is 12.0 Å². The van der Waals surface area contributed by atoms with Gasteiger partial charge in [0.25, 0.3) is 0 Å². The molecule has 9 heteroatoms. The molecule has 2 aromatic rings. The normalized spacial score (nSPS) is 19.0. The van der Waals surface area contributed by atoms with Gasteiger partial charge in [0.15, 0.2) is 0 Å². The molecule has 1 atom stereocenters. The van der Waals surface area contributed by atoms with Crippen LogP contribution in [-0.2, 0) is 11.2 Å². The molecule has 0 aliphatic carbocycles. The molecule has 0 saturated carbocycles. The molecule has 0 aromatic heterocycles. The summed E-state index contributed by atoms with van der Waals surface area (Å²) in [5, 5.41) is 10.9. The zero-order chi connectivity index (χ0) is 24.9. The third-order valence-corrected chi connectivity index (χ3v) is 8.25. The summed E-state index contributed by atoms with van der Waals surface area (Å²) in [5.41, 5.74) is 1.73. The molecule has 1 N–H and O–H groups in total. The molecule has 2 aliphatic rings. The zero-order valence-electron chi connectivity index (χ0n) is 20.1. The van der Waals surface area contributed by atoms with E-state index in [1.807, 2.05) is 13.0 Å². The quantitative estimate of drug-likeness (QED) is 0.470. The summed E-state index contributed by atoms with van der Waals surface area (Å²) in [6.07, 6.45) is 4.49. The van der Waals surface area contributed by atoms with E-state index in [0.29, 0.717) is 22.4 Å². The third kappa shape index (κ3) is 7.83. The van der Waals surface area contributed by atoms with Crippen LogP contribution in [0.4, 0.5) is 4.39 Å². The van der Waals surface area contributed by atoms with Gasteiger partial charge in [-0.25, -0.2) is 4.39 Å². The Morgan fingerprint density at radius 1 is 1.06 bits per heavy atom. The number of carboxylic acid groups (broad SMARTS) is 1. The SMILES string of the molecule is Cc1c(OC2CCN(CC3CCN([C@@H](Cc4ccc(F)cc4)C(=O)O)CC3)CC2)ccc(Cl)c1Cl.[NaH]. The Hall–Kier alpha value is -0.860. The van der Waals surface area contributed by atoms with Crippen molar-refractivity contribution in [3.05, 3.63) is 63.4 Å². The summed E-state index contributed by atoms with van der Waals surface area (Å²) in [6, 6.07) is 9.23. The van der Waals surface area contributed by atoms with Crippen molar-refractivity contribution >= 4 is 58.7 Å². The van der Waals surface area contributed by atoms with Crippen LogP contribution in [0.3, 0.4) is 0 Å². The third-order valence-electron chi connectivity index (χ3n) is 7.35. The molecule has 0 amide bonds. The van der Waals surface area contributed by atoms with Gasteiger partial charge in [-0.1, -0.05) is 35.3 Å². The van der Waals surface area contributed by atoms with E-state index in [2.05, 4.69) is 9.80 Å². The maximum absolute atomic E-state index is 13.2. The van der Waals surface area contributed by atoms with Crippen LogP contribution in [0.2, 0.25) is 10.0 Å². The minimum atomic E-state index is -0.813. The van der Waals surface area contributed by atoms with Gasteiger partial charge in [-0.05, 0) is 87.9 Å². The second-order valence-electron chi connectivity index (χ2n) is 9.77. The fourth-order valence-electron chi connectivity index (χ4n) is 5.18. The van der Waals surface area contributed by atoms with Crippen molar-refractivity contribution in [2.24, 2.45) is 5.92 Å². The van der Waals surface area contributed by atoms with E-state index in [-0.39, 0.29) is 41.5 Å². The Morgan fingerprint density at radius 3 is 2.31 bits per heavy atom. The van der Waals surface area contributed by atoms with Gasteiger partial charge < -0.3 is 14.7 Å². The van der Waals surface area contributed by atoms with Crippen molar-refractivity contribution in [3.8, 4) is 5.75 Å². The summed E-state index contributed by atoms with van der Waals surface area (Å²) in [4.78, 5) is 16.5. The monoisotopic (exact) mass is 546 g/mol. The van der Waals surface area contributed by atoms with Crippen molar-refractivity contribution in [3.63, 3.8) is 0 Å². The van der Waals surface area contributed by atoms with Gasteiger partial charge in [0.1, 0.15) is 23.7 Å². The molecule has 5 nitrogen and oxygen atoms in total. The molecular formula is C27H34Cl2FN2NaO3. The van der Waals surface area contributed by atoms with Crippen molar-refractivity contribution < 1.29 is 19.0 Å². The van der Waals surface area contributed by atoms with E-state index in [1.54, 1.807) is 18.2 Å². The first-order valence-electron chi connectivity index (χ1n) is 12.3. The van der Waals surface area contributed by atoms with Crippen LogP contribution >= 0.6 is 23.2 Å². The van der Waals surface area contributed by atoms with Gasteiger partial charge in [-0.3, -0.25) is 9.69 Å². The van der Waals surface area contributed by atoms with E-state index >= 15 is 0 Å². The predicted molar refractivity (Wildman–Crippen MR) is 144 cm³/mol. The number of halogens is 3. The van der Waals surface area contributed by atoms with Crippen LogP contribution in [0.5, 0.6) is 5.75 Å². The first-order chi connectivity index (χ1) is 16.8. The summed E-state index contributed by atoms with van der Waals surface area (Å²) in [6.45, 7) is 6.51. The predicted octanol–water partition coefficient (Wildman–Crippen LogP) is 5.04.